The minimum atomic E-state index is -0.0540. The lowest BCUT2D eigenvalue weighted by Crippen LogP contribution is -2.40. The van der Waals surface area contributed by atoms with E-state index in [-0.39, 0.29) is 17.9 Å². The molecule has 3 heterocycles. The van der Waals surface area contributed by atoms with Crippen molar-refractivity contribution >= 4 is 16.8 Å². The van der Waals surface area contributed by atoms with E-state index in [0.29, 0.717) is 18.8 Å². The third kappa shape index (κ3) is 3.03. The molecule has 2 N–H and O–H groups in total. The van der Waals surface area contributed by atoms with Crippen molar-refractivity contribution in [2.24, 2.45) is 5.92 Å². The second-order valence-corrected chi connectivity index (χ2v) is 6.22. The molecule has 0 aliphatic carbocycles. The molecule has 1 aliphatic heterocycles. The van der Waals surface area contributed by atoms with Crippen molar-refractivity contribution in [2.45, 2.75) is 12.5 Å². The highest BCUT2D eigenvalue weighted by molar-refractivity contribution is 5.98. The topological polar surface area (TPSA) is 67.0 Å². The van der Waals surface area contributed by atoms with Gasteiger partial charge in [0, 0.05) is 35.6 Å². The summed E-state index contributed by atoms with van der Waals surface area (Å²) in [5.41, 5.74) is 2.85. The number of pyridine rings is 1. The van der Waals surface area contributed by atoms with Crippen LogP contribution in [-0.4, -0.2) is 35.1 Å². The monoisotopic (exact) mass is 321 g/mol. The Labute approximate surface area is 140 Å². The van der Waals surface area contributed by atoms with Gasteiger partial charge in [-0.3, -0.25) is 9.78 Å². The molecule has 1 aliphatic rings. The first-order valence-electron chi connectivity index (χ1n) is 8.14. The molecule has 0 saturated carbocycles. The van der Waals surface area contributed by atoms with Gasteiger partial charge in [0.2, 0.25) is 0 Å². The molecule has 3 aromatic rings. The maximum absolute atomic E-state index is 12.6. The van der Waals surface area contributed by atoms with Gasteiger partial charge < -0.3 is 15.0 Å². The summed E-state index contributed by atoms with van der Waals surface area (Å²) in [6.07, 6.45) is 6.35. The Morgan fingerprint density at radius 3 is 2.96 bits per heavy atom. The normalized spacial score (nSPS) is 20.3. The van der Waals surface area contributed by atoms with Crippen LogP contribution >= 0.6 is 0 Å². The number of benzene rings is 1. The first-order chi connectivity index (χ1) is 11.8. The van der Waals surface area contributed by atoms with Crippen molar-refractivity contribution in [1.82, 2.24) is 15.3 Å². The number of ether oxygens (including phenoxy) is 1. The molecule has 2 atom stereocenters. The molecule has 122 valence electrons. The van der Waals surface area contributed by atoms with Crippen molar-refractivity contribution in [1.29, 1.82) is 0 Å². The minimum Gasteiger partial charge on any atom is -0.379 e. The van der Waals surface area contributed by atoms with E-state index in [2.05, 4.69) is 15.3 Å². The quantitative estimate of drug-likeness (QED) is 0.776. The van der Waals surface area contributed by atoms with E-state index in [1.54, 1.807) is 12.4 Å². The number of fused-ring (bicyclic) bond motifs is 1. The molecule has 1 aromatic carbocycles. The van der Waals surface area contributed by atoms with Crippen LogP contribution in [0.4, 0.5) is 0 Å². The zero-order chi connectivity index (χ0) is 16.4. The van der Waals surface area contributed by atoms with Gasteiger partial charge in [0.25, 0.3) is 5.91 Å². The highest BCUT2D eigenvalue weighted by Crippen LogP contribution is 2.20. The van der Waals surface area contributed by atoms with Crippen LogP contribution in [0.5, 0.6) is 0 Å². The minimum absolute atomic E-state index is 0.0324. The van der Waals surface area contributed by atoms with Crippen LogP contribution in [0.25, 0.3) is 10.9 Å². The first-order valence-corrected chi connectivity index (χ1v) is 8.14. The fourth-order valence-electron chi connectivity index (χ4n) is 3.22. The molecule has 0 unspecified atom stereocenters. The second kappa shape index (κ2) is 6.45. The molecule has 1 amide bonds. The fourth-order valence-corrected chi connectivity index (χ4v) is 3.22. The van der Waals surface area contributed by atoms with Gasteiger partial charge in [0.05, 0.1) is 19.3 Å². The molecular weight excluding hydrogens is 302 g/mol. The second-order valence-electron chi connectivity index (χ2n) is 6.22. The zero-order valence-corrected chi connectivity index (χ0v) is 13.2. The van der Waals surface area contributed by atoms with Gasteiger partial charge in [-0.2, -0.15) is 0 Å². The Bertz CT molecular complexity index is 844. The molecule has 0 radical (unpaired) electrons. The summed E-state index contributed by atoms with van der Waals surface area (Å²) in [6, 6.07) is 11.8. The van der Waals surface area contributed by atoms with E-state index in [1.165, 1.54) is 5.56 Å². The Morgan fingerprint density at radius 2 is 2.08 bits per heavy atom. The van der Waals surface area contributed by atoms with E-state index in [9.17, 15) is 4.79 Å². The molecule has 1 fully saturated rings. The Kier molecular flexibility index (Phi) is 4.01. The average molecular weight is 321 g/mol. The van der Waals surface area contributed by atoms with Crippen molar-refractivity contribution in [3.8, 4) is 0 Å². The van der Waals surface area contributed by atoms with Crippen molar-refractivity contribution < 1.29 is 9.53 Å². The number of carbonyl (C=O) groups is 1. The van der Waals surface area contributed by atoms with Crippen molar-refractivity contribution in [3.63, 3.8) is 0 Å². The van der Waals surface area contributed by atoms with Crippen LogP contribution in [0.3, 0.4) is 0 Å². The molecule has 0 spiro atoms. The summed E-state index contributed by atoms with van der Waals surface area (Å²) in [6.45, 7) is 1.23. The Balaban J connectivity index is 1.45. The third-order valence-electron chi connectivity index (χ3n) is 4.58. The van der Waals surface area contributed by atoms with E-state index >= 15 is 0 Å². The van der Waals surface area contributed by atoms with Crippen LogP contribution < -0.4 is 5.32 Å². The molecular formula is C19H19N3O2. The summed E-state index contributed by atoms with van der Waals surface area (Å²) in [4.78, 5) is 19.8. The molecule has 0 bridgehead atoms. The molecule has 2 aromatic heterocycles. The van der Waals surface area contributed by atoms with Crippen LogP contribution in [-0.2, 0) is 11.2 Å². The first kappa shape index (κ1) is 14.9. The summed E-state index contributed by atoms with van der Waals surface area (Å²) < 4.78 is 5.60. The van der Waals surface area contributed by atoms with E-state index < -0.39 is 0 Å². The third-order valence-corrected chi connectivity index (χ3v) is 4.58. The standard InChI is InChI=1S/C19H19N3O2/c23-19(15-2-1-14-5-8-21-17(14)10-15)22-18-12-24-11-16(18)9-13-3-6-20-7-4-13/h1-8,10,16,18,21H,9,11-12H2,(H,22,23)/t16-,18-/m1/s1. The summed E-state index contributed by atoms with van der Waals surface area (Å²) >= 11 is 0. The number of nitrogens with one attached hydrogen (secondary N) is 2. The fraction of sp³-hybridized carbons (Fsp3) is 0.263. The number of H-pyrrole nitrogens is 1. The van der Waals surface area contributed by atoms with Crippen LogP contribution in [0.15, 0.2) is 55.0 Å². The number of hydrogen-bond donors (Lipinski definition) is 2. The van der Waals surface area contributed by atoms with Gasteiger partial charge in [-0.1, -0.05) is 6.07 Å². The summed E-state index contributed by atoms with van der Waals surface area (Å²) in [5, 5.41) is 4.23. The number of amides is 1. The predicted molar refractivity (Wildman–Crippen MR) is 91.8 cm³/mol. The summed E-state index contributed by atoms with van der Waals surface area (Å²) in [5.74, 6) is 0.229. The molecule has 1 saturated heterocycles. The van der Waals surface area contributed by atoms with E-state index in [0.717, 1.165) is 17.3 Å². The molecule has 24 heavy (non-hydrogen) atoms. The maximum atomic E-state index is 12.6. The molecule has 5 heteroatoms. The number of carbonyl (C=O) groups excluding carboxylic acids is 1. The SMILES string of the molecule is O=C(N[C@@H]1COC[C@H]1Cc1ccncc1)c1ccc2cc[nH]c2c1. The smallest absolute Gasteiger partial charge is 0.251 e. The number of nitrogens with zero attached hydrogens (tertiary/aromatic N) is 1. The van der Waals surface area contributed by atoms with Crippen LogP contribution in [0, 0.1) is 5.92 Å². The lowest BCUT2D eigenvalue weighted by molar-refractivity contribution is 0.0925. The predicted octanol–water partition coefficient (Wildman–Crippen LogP) is 2.55. The lowest BCUT2D eigenvalue weighted by Gasteiger charge is -2.19. The Morgan fingerprint density at radius 1 is 1.21 bits per heavy atom. The van der Waals surface area contributed by atoms with Crippen molar-refractivity contribution in [3.05, 3.63) is 66.1 Å². The number of rotatable bonds is 4. The average Bonchev–Trinajstić information content (AvgIpc) is 3.24. The molecule has 4 rings (SSSR count). The summed E-state index contributed by atoms with van der Waals surface area (Å²) in [7, 11) is 0. The highest BCUT2D eigenvalue weighted by Gasteiger charge is 2.29. The maximum Gasteiger partial charge on any atom is 0.251 e. The lowest BCUT2D eigenvalue weighted by atomic mass is 9.95. The van der Waals surface area contributed by atoms with Gasteiger partial charge in [0.1, 0.15) is 0 Å². The highest BCUT2D eigenvalue weighted by atomic mass is 16.5. The molecule has 5 nitrogen and oxygen atoms in total. The largest absolute Gasteiger partial charge is 0.379 e. The number of aromatic nitrogens is 2. The number of aromatic amines is 1. The van der Waals surface area contributed by atoms with E-state index in [4.69, 9.17) is 4.74 Å². The Hall–Kier alpha value is -2.66. The number of hydrogen-bond acceptors (Lipinski definition) is 3. The van der Waals surface area contributed by atoms with Crippen LogP contribution in [0.1, 0.15) is 15.9 Å². The van der Waals surface area contributed by atoms with Gasteiger partial charge in [-0.15, -0.1) is 0 Å². The van der Waals surface area contributed by atoms with Gasteiger partial charge in [-0.25, -0.2) is 0 Å². The zero-order valence-electron chi connectivity index (χ0n) is 13.2. The van der Waals surface area contributed by atoms with Crippen molar-refractivity contribution in [2.75, 3.05) is 13.2 Å². The van der Waals surface area contributed by atoms with E-state index in [1.807, 2.05) is 42.6 Å². The van der Waals surface area contributed by atoms with Crippen LogP contribution in [0.2, 0.25) is 0 Å². The van der Waals surface area contributed by atoms with Gasteiger partial charge >= 0.3 is 0 Å². The van der Waals surface area contributed by atoms with Gasteiger partial charge in [0.15, 0.2) is 0 Å². The van der Waals surface area contributed by atoms with Gasteiger partial charge in [-0.05, 0) is 47.7 Å².